The highest BCUT2D eigenvalue weighted by Gasteiger charge is 2.38. The zero-order chi connectivity index (χ0) is 14.0. The third-order valence-corrected chi connectivity index (χ3v) is 2.49. The molecule has 1 aromatic heterocycles. The number of pyridine rings is 1. The zero-order valence-electron chi connectivity index (χ0n) is 9.48. The lowest BCUT2D eigenvalue weighted by molar-refractivity contribution is -0.139. The van der Waals surface area contributed by atoms with Gasteiger partial charge in [0, 0.05) is 23.5 Å². The molecule has 0 atom stereocenters. The highest BCUT2D eigenvalue weighted by atomic mass is 19.4. The Morgan fingerprint density at radius 1 is 1.16 bits per heavy atom. The summed E-state index contributed by atoms with van der Waals surface area (Å²) in [6.45, 7) is 0. The number of aromatic hydroxyl groups is 1. The van der Waals surface area contributed by atoms with Gasteiger partial charge in [-0.15, -0.1) is 0 Å². The van der Waals surface area contributed by atoms with Crippen LogP contribution in [-0.2, 0) is 6.18 Å². The molecule has 1 heterocycles. The van der Waals surface area contributed by atoms with Crippen molar-refractivity contribution in [3.63, 3.8) is 0 Å². The number of halogens is 3. The van der Waals surface area contributed by atoms with E-state index >= 15 is 0 Å². The molecule has 0 aliphatic rings. The molecule has 98 valence electrons. The topological polar surface area (TPSA) is 50.2 Å². The Bertz CT molecular complexity index is 609. The number of rotatable bonds is 2. The van der Waals surface area contributed by atoms with Crippen LogP contribution in [0.4, 0.5) is 13.2 Å². The Labute approximate surface area is 106 Å². The maximum Gasteiger partial charge on any atom is 0.420 e. The third kappa shape index (κ3) is 2.57. The Morgan fingerprint density at radius 3 is 2.47 bits per heavy atom. The van der Waals surface area contributed by atoms with Crippen LogP contribution in [0.15, 0.2) is 42.7 Å². The lowest BCUT2D eigenvalue weighted by Gasteiger charge is -2.13. The summed E-state index contributed by atoms with van der Waals surface area (Å²) < 4.78 is 38.6. The number of hydrogen-bond acceptors (Lipinski definition) is 3. The van der Waals surface area contributed by atoms with Crippen molar-refractivity contribution < 1.29 is 23.1 Å². The monoisotopic (exact) mass is 267 g/mol. The van der Waals surface area contributed by atoms with Crippen LogP contribution >= 0.6 is 0 Å². The molecule has 1 N–H and O–H groups in total. The van der Waals surface area contributed by atoms with E-state index in [9.17, 15) is 23.1 Å². The summed E-state index contributed by atoms with van der Waals surface area (Å²) in [5.74, 6) is -1.81. The normalized spacial score (nSPS) is 11.3. The van der Waals surface area contributed by atoms with Crippen LogP contribution in [0.3, 0.4) is 0 Å². The fourth-order valence-electron chi connectivity index (χ4n) is 1.68. The fourth-order valence-corrected chi connectivity index (χ4v) is 1.68. The van der Waals surface area contributed by atoms with Crippen LogP contribution in [-0.4, -0.2) is 15.9 Å². The predicted molar refractivity (Wildman–Crippen MR) is 60.8 cm³/mol. The van der Waals surface area contributed by atoms with Crippen molar-refractivity contribution >= 4 is 5.78 Å². The van der Waals surface area contributed by atoms with E-state index in [-0.39, 0.29) is 5.56 Å². The number of benzene rings is 1. The van der Waals surface area contributed by atoms with E-state index in [1.54, 1.807) is 0 Å². The van der Waals surface area contributed by atoms with Crippen LogP contribution in [0.1, 0.15) is 21.5 Å². The van der Waals surface area contributed by atoms with Crippen LogP contribution in [0.25, 0.3) is 0 Å². The lowest BCUT2D eigenvalue weighted by Crippen LogP contribution is -2.14. The molecule has 1 aromatic carbocycles. The summed E-state index contributed by atoms with van der Waals surface area (Å²) in [5.41, 5.74) is -1.90. The van der Waals surface area contributed by atoms with Gasteiger partial charge in [0.25, 0.3) is 0 Å². The highest BCUT2D eigenvalue weighted by molar-refractivity contribution is 6.10. The number of aromatic nitrogens is 1. The quantitative estimate of drug-likeness (QED) is 0.851. The fraction of sp³-hybridized carbons (Fsp3) is 0.0769. The van der Waals surface area contributed by atoms with E-state index in [0.29, 0.717) is 0 Å². The molecule has 3 nitrogen and oxygen atoms in total. The predicted octanol–water partition coefficient (Wildman–Crippen LogP) is 3.04. The lowest BCUT2D eigenvalue weighted by atomic mass is 9.98. The van der Waals surface area contributed by atoms with Crippen molar-refractivity contribution in [2.45, 2.75) is 6.18 Å². The number of hydrogen-bond donors (Lipinski definition) is 1. The second-order valence-corrected chi connectivity index (χ2v) is 3.77. The number of phenolic OH excluding ortho intramolecular Hbond substituents is 1. The van der Waals surface area contributed by atoms with Gasteiger partial charge in [0.2, 0.25) is 0 Å². The van der Waals surface area contributed by atoms with Gasteiger partial charge in [0.05, 0.1) is 0 Å². The Hall–Kier alpha value is -2.37. The first-order chi connectivity index (χ1) is 8.91. The maximum absolute atomic E-state index is 12.9. The van der Waals surface area contributed by atoms with Crippen molar-refractivity contribution in [3.05, 3.63) is 59.4 Å². The number of phenols is 1. The van der Waals surface area contributed by atoms with Gasteiger partial charge in [-0.3, -0.25) is 9.78 Å². The average Bonchev–Trinajstić information content (AvgIpc) is 2.37. The summed E-state index contributed by atoms with van der Waals surface area (Å²) >= 11 is 0. The number of carbonyl (C=O) groups excluding carboxylic acids is 1. The summed E-state index contributed by atoms with van der Waals surface area (Å²) in [6.07, 6.45) is -2.23. The van der Waals surface area contributed by atoms with E-state index in [2.05, 4.69) is 4.98 Å². The number of carbonyl (C=O) groups is 1. The zero-order valence-corrected chi connectivity index (χ0v) is 9.48. The van der Waals surface area contributed by atoms with Crippen LogP contribution in [0.2, 0.25) is 0 Å². The standard InChI is InChI=1S/C13H8F3NO2/c14-13(15,16)11-9(4-1-5-10(11)18)12(19)8-3-2-6-17-7-8/h1-7,18H. The molecule has 0 amide bonds. The first kappa shape index (κ1) is 13.1. The molecule has 2 aromatic rings. The highest BCUT2D eigenvalue weighted by Crippen LogP contribution is 2.38. The molecule has 0 aliphatic heterocycles. The second-order valence-electron chi connectivity index (χ2n) is 3.77. The van der Waals surface area contributed by atoms with E-state index in [1.165, 1.54) is 30.6 Å². The molecule has 0 unspecified atom stereocenters. The first-order valence-corrected chi connectivity index (χ1v) is 5.25. The van der Waals surface area contributed by atoms with Crippen molar-refractivity contribution in [1.82, 2.24) is 4.98 Å². The molecule has 0 spiro atoms. The van der Waals surface area contributed by atoms with Gasteiger partial charge in [0.1, 0.15) is 11.3 Å². The Balaban J connectivity index is 2.58. The number of ketones is 1. The minimum absolute atomic E-state index is 0.0265. The average molecular weight is 267 g/mol. The Morgan fingerprint density at radius 2 is 1.89 bits per heavy atom. The Kier molecular flexibility index (Phi) is 3.25. The number of nitrogens with zero attached hydrogens (tertiary/aromatic N) is 1. The third-order valence-electron chi connectivity index (χ3n) is 2.49. The summed E-state index contributed by atoms with van der Waals surface area (Å²) in [7, 11) is 0. The molecule has 0 radical (unpaired) electrons. The van der Waals surface area contributed by atoms with Crippen molar-refractivity contribution in [3.8, 4) is 5.75 Å². The summed E-state index contributed by atoms with van der Waals surface area (Å²) in [4.78, 5) is 15.7. The molecule has 0 aliphatic carbocycles. The molecule has 2 rings (SSSR count). The van der Waals surface area contributed by atoms with Gasteiger partial charge in [-0.05, 0) is 18.2 Å². The van der Waals surface area contributed by atoms with Crippen molar-refractivity contribution in [2.75, 3.05) is 0 Å². The molecule has 19 heavy (non-hydrogen) atoms. The summed E-state index contributed by atoms with van der Waals surface area (Å²) in [5, 5.41) is 9.33. The number of alkyl halides is 3. The second kappa shape index (κ2) is 4.72. The molecule has 0 saturated heterocycles. The molecular weight excluding hydrogens is 259 g/mol. The van der Waals surface area contributed by atoms with Gasteiger partial charge in [-0.2, -0.15) is 13.2 Å². The van der Waals surface area contributed by atoms with Crippen molar-refractivity contribution in [2.24, 2.45) is 0 Å². The van der Waals surface area contributed by atoms with Crippen LogP contribution in [0, 0.1) is 0 Å². The first-order valence-electron chi connectivity index (χ1n) is 5.25. The molecule has 0 bridgehead atoms. The van der Waals surface area contributed by atoms with Gasteiger partial charge < -0.3 is 5.11 Å². The van der Waals surface area contributed by atoms with Crippen LogP contribution < -0.4 is 0 Å². The van der Waals surface area contributed by atoms with Gasteiger partial charge in [-0.25, -0.2) is 0 Å². The maximum atomic E-state index is 12.9. The van der Waals surface area contributed by atoms with E-state index in [4.69, 9.17) is 0 Å². The van der Waals surface area contributed by atoms with Gasteiger partial charge >= 0.3 is 6.18 Å². The van der Waals surface area contributed by atoms with E-state index < -0.39 is 28.8 Å². The smallest absolute Gasteiger partial charge is 0.420 e. The summed E-state index contributed by atoms with van der Waals surface area (Å²) in [6, 6.07) is 5.91. The molecule has 0 saturated carbocycles. The van der Waals surface area contributed by atoms with E-state index in [0.717, 1.165) is 12.1 Å². The SMILES string of the molecule is O=C(c1cccnc1)c1cccc(O)c1C(F)(F)F. The largest absolute Gasteiger partial charge is 0.507 e. The van der Waals surface area contributed by atoms with Crippen molar-refractivity contribution in [1.29, 1.82) is 0 Å². The van der Waals surface area contributed by atoms with E-state index in [1.807, 2.05) is 0 Å². The molecule has 6 heteroatoms. The molecule has 0 fully saturated rings. The van der Waals surface area contributed by atoms with Gasteiger partial charge in [0.15, 0.2) is 5.78 Å². The minimum Gasteiger partial charge on any atom is -0.507 e. The van der Waals surface area contributed by atoms with Gasteiger partial charge in [-0.1, -0.05) is 12.1 Å². The minimum atomic E-state index is -4.81. The molecular formula is C13H8F3NO2. The van der Waals surface area contributed by atoms with Crippen LogP contribution in [0.5, 0.6) is 5.75 Å².